The van der Waals surface area contributed by atoms with Crippen LogP contribution in [0.1, 0.15) is 6.92 Å². The smallest absolute Gasteiger partial charge is 0.195 e. The molecule has 0 saturated carbocycles. The van der Waals surface area contributed by atoms with Gasteiger partial charge in [0.25, 0.3) is 0 Å². The first-order chi connectivity index (χ1) is 12.3. The summed E-state index contributed by atoms with van der Waals surface area (Å²) in [6.45, 7) is 4.71. The number of nitrogens with one attached hydrogen (secondary N) is 1. The standard InChI is InChI=1S/C17H19N5O2S/c1-2-25(23)14-11-12-3-5-18-16(13-4-6-19-21-13)15(12)20-17(14)22-7-9-24-10-8-22/h3-6,11H,2,7-10H2,1H3,(H,19,21). The molecule has 1 saturated heterocycles. The van der Waals surface area contributed by atoms with E-state index in [0.717, 1.165) is 46.1 Å². The van der Waals surface area contributed by atoms with E-state index < -0.39 is 11.2 Å². The number of aromatic nitrogens is 4. The van der Waals surface area contributed by atoms with Crippen molar-refractivity contribution in [1.29, 1.82) is 0 Å². The Morgan fingerprint density at radius 1 is 1.28 bits per heavy atom. The van der Waals surface area contributed by atoms with Crippen LogP contribution in [0.5, 0.6) is 0 Å². The van der Waals surface area contributed by atoms with E-state index in [9.17, 15) is 4.55 Å². The summed E-state index contributed by atoms with van der Waals surface area (Å²) in [5, 5.41) is 7.88. The van der Waals surface area contributed by atoms with Crippen LogP contribution in [0.3, 0.4) is 0 Å². The Hall–Kier alpha value is -2.16. The maximum atomic E-state index is 12.6. The van der Waals surface area contributed by atoms with E-state index in [1.165, 1.54) is 0 Å². The molecule has 1 aliphatic rings. The van der Waals surface area contributed by atoms with Crippen LogP contribution in [0.4, 0.5) is 5.82 Å². The number of fused-ring (bicyclic) bond motifs is 1. The maximum absolute atomic E-state index is 12.6. The van der Waals surface area contributed by atoms with Crippen molar-refractivity contribution in [2.75, 3.05) is 37.0 Å². The molecule has 1 aliphatic heterocycles. The summed E-state index contributed by atoms with van der Waals surface area (Å²) < 4.78 is 18.1. The molecule has 0 bridgehead atoms. The van der Waals surface area contributed by atoms with Crippen molar-refractivity contribution in [3.05, 3.63) is 30.6 Å². The van der Waals surface area contributed by atoms with Crippen molar-refractivity contribution >= 4 is 27.9 Å². The Bertz CT molecular complexity index is 865. The van der Waals surface area contributed by atoms with Gasteiger partial charge in [-0.15, -0.1) is 0 Å². The molecule has 4 rings (SSSR count). The van der Waals surface area contributed by atoms with Crippen molar-refractivity contribution in [2.24, 2.45) is 0 Å². The molecule has 0 aliphatic carbocycles. The Labute approximate surface area is 148 Å². The quantitative estimate of drug-likeness (QED) is 0.718. The fraction of sp³-hybridized carbons (Fsp3) is 0.353. The number of hydrogen-bond acceptors (Lipinski definition) is 6. The highest BCUT2D eigenvalue weighted by atomic mass is 32.2. The number of aromatic amines is 1. The average molecular weight is 357 g/mol. The fourth-order valence-electron chi connectivity index (χ4n) is 2.98. The molecule has 3 aromatic rings. The first-order valence-corrected chi connectivity index (χ1v) is 9.60. The second-order valence-corrected chi connectivity index (χ2v) is 7.45. The molecule has 0 amide bonds. The molecule has 7 nitrogen and oxygen atoms in total. The van der Waals surface area contributed by atoms with E-state index in [1.54, 1.807) is 12.4 Å². The van der Waals surface area contributed by atoms with Gasteiger partial charge in [0.05, 0.1) is 18.9 Å². The highest BCUT2D eigenvalue weighted by molar-refractivity contribution is 7.91. The summed E-state index contributed by atoms with van der Waals surface area (Å²) in [6, 6.07) is 5.76. The van der Waals surface area contributed by atoms with E-state index in [0.29, 0.717) is 19.0 Å². The number of ether oxygens (including phenoxy) is 1. The lowest BCUT2D eigenvalue weighted by molar-refractivity contribution is 0.122. The van der Waals surface area contributed by atoms with E-state index in [-0.39, 0.29) is 0 Å². The molecule has 8 heteroatoms. The topological polar surface area (TPSA) is 90.0 Å². The minimum absolute atomic E-state index is 0.559. The molecule has 130 valence electrons. The van der Waals surface area contributed by atoms with Gasteiger partial charge in [0.1, 0.15) is 17.0 Å². The highest BCUT2D eigenvalue weighted by Crippen LogP contribution is 2.32. The molecule has 25 heavy (non-hydrogen) atoms. The molecule has 1 unspecified atom stereocenters. The van der Waals surface area contributed by atoms with Gasteiger partial charge < -0.3 is 14.2 Å². The summed E-state index contributed by atoms with van der Waals surface area (Å²) >= 11 is -1.09. The van der Waals surface area contributed by atoms with Crippen LogP contribution >= 0.6 is 0 Å². The fourth-order valence-corrected chi connectivity index (χ4v) is 3.93. The van der Waals surface area contributed by atoms with Crippen molar-refractivity contribution in [1.82, 2.24) is 20.2 Å². The van der Waals surface area contributed by atoms with E-state index in [2.05, 4.69) is 20.1 Å². The predicted octanol–water partition coefficient (Wildman–Crippen LogP) is 1.98. The van der Waals surface area contributed by atoms with E-state index in [1.807, 2.05) is 25.1 Å². The summed E-state index contributed by atoms with van der Waals surface area (Å²) in [6.07, 6.45) is 3.44. The molecule has 0 spiro atoms. The van der Waals surface area contributed by atoms with Crippen LogP contribution in [0.25, 0.3) is 22.3 Å². The number of nitrogens with zero attached hydrogens (tertiary/aromatic N) is 4. The molecule has 0 aromatic carbocycles. The predicted molar refractivity (Wildman–Crippen MR) is 97.1 cm³/mol. The Morgan fingerprint density at radius 3 is 2.84 bits per heavy atom. The van der Waals surface area contributed by atoms with Crippen molar-refractivity contribution in [2.45, 2.75) is 11.8 Å². The maximum Gasteiger partial charge on any atom is 0.195 e. The van der Waals surface area contributed by atoms with Crippen molar-refractivity contribution in [3.63, 3.8) is 0 Å². The zero-order valence-electron chi connectivity index (χ0n) is 13.9. The third kappa shape index (κ3) is 3.08. The van der Waals surface area contributed by atoms with Gasteiger partial charge >= 0.3 is 0 Å². The second kappa shape index (κ2) is 6.99. The van der Waals surface area contributed by atoms with Gasteiger partial charge in [-0.25, -0.2) is 4.98 Å². The minimum Gasteiger partial charge on any atom is -0.611 e. The zero-order valence-corrected chi connectivity index (χ0v) is 14.8. The largest absolute Gasteiger partial charge is 0.611 e. The van der Waals surface area contributed by atoms with Crippen LogP contribution in [-0.2, 0) is 15.9 Å². The van der Waals surface area contributed by atoms with Crippen LogP contribution in [-0.4, -0.2) is 56.8 Å². The summed E-state index contributed by atoms with van der Waals surface area (Å²) in [4.78, 5) is 12.3. The lowest BCUT2D eigenvalue weighted by atomic mass is 10.1. The SMILES string of the molecule is CC[S+]([O-])c1cc2ccnc(-c3ccn[nH]3)c2nc1N1CCOCC1. The molecule has 3 aromatic heterocycles. The summed E-state index contributed by atoms with van der Waals surface area (Å²) in [7, 11) is 0. The van der Waals surface area contributed by atoms with Gasteiger partial charge in [0, 0.05) is 36.9 Å². The second-order valence-electron chi connectivity index (χ2n) is 5.75. The minimum atomic E-state index is -1.09. The number of H-pyrrole nitrogens is 1. The van der Waals surface area contributed by atoms with Gasteiger partial charge in [-0.2, -0.15) is 5.10 Å². The molecular formula is C17H19N5O2S. The Balaban J connectivity index is 1.91. The molecule has 1 N–H and O–H groups in total. The zero-order chi connectivity index (χ0) is 17.2. The number of morpholine rings is 1. The Kier molecular flexibility index (Phi) is 4.56. The molecular weight excluding hydrogens is 338 g/mol. The first-order valence-electron chi connectivity index (χ1n) is 8.28. The van der Waals surface area contributed by atoms with Gasteiger partial charge in [-0.1, -0.05) is 0 Å². The third-order valence-electron chi connectivity index (χ3n) is 4.25. The van der Waals surface area contributed by atoms with Gasteiger partial charge in [-0.3, -0.25) is 10.1 Å². The third-order valence-corrected chi connectivity index (χ3v) is 5.57. The molecule has 4 heterocycles. The lowest BCUT2D eigenvalue weighted by Crippen LogP contribution is -2.37. The summed E-state index contributed by atoms with van der Waals surface area (Å²) in [5.41, 5.74) is 2.35. The monoisotopic (exact) mass is 357 g/mol. The molecule has 1 fully saturated rings. The van der Waals surface area contributed by atoms with Crippen LogP contribution in [0.2, 0.25) is 0 Å². The number of pyridine rings is 2. The van der Waals surface area contributed by atoms with Gasteiger partial charge in [-0.05, 0) is 30.2 Å². The Morgan fingerprint density at radius 2 is 2.12 bits per heavy atom. The van der Waals surface area contributed by atoms with Crippen molar-refractivity contribution in [3.8, 4) is 11.4 Å². The normalized spacial score (nSPS) is 16.3. The first kappa shape index (κ1) is 16.3. The number of anilines is 1. The molecule has 0 radical (unpaired) electrons. The van der Waals surface area contributed by atoms with E-state index >= 15 is 0 Å². The number of rotatable bonds is 4. The van der Waals surface area contributed by atoms with Gasteiger partial charge in [0.2, 0.25) is 0 Å². The summed E-state index contributed by atoms with van der Waals surface area (Å²) in [5.74, 6) is 1.33. The molecule has 1 atom stereocenters. The lowest BCUT2D eigenvalue weighted by Gasteiger charge is -2.29. The highest BCUT2D eigenvalue weighted by Gasteiger charge is 2.25. The van der Waals surface area contributed by atoms with E-state index in [4.69, 9.17) is 9.72 Å². The van der Waals surface area contributed by atoms with Crippen LogP contribution < -0.4 is 4.90 Å². The van der Waals surface area contributed by atoms with Crippen LogP contribution in [0, 0.1) is 0 Å². The van der Waals surface area contributed by atoms with Gasteiger partial charge in [0.15, 0.2) is 10.7 Å². The number of hydrogen-bond donors (Lipinski definition) is 1. The van der Waals surface area contributed by atoms with Crippen LogP contribution in [0.15, 0.2) is 35.5 Å². The average Bonchev–Trinajstić information content (AvgIpc) is 3.21. The van der Waals surface area contributed by atoms with Crippen molar-refractivity contribution < 1.29 is 9.29 Å².